The van der Waals surface area contributed by atoms with E-state index in [1.165, 1.54) is 28.8 Å². The molecule has 1 aromatic carbocycles. The topological polar surface area (TPSA) is 3.24 Å². The lowest BCUT2D eigenvalue weighted by atomic mass is 9.83. The van der Waals surface area contributed by atoms with Crippen molar-refractivity contribution in [2.75, 3.05) is 13.1 Å². The van der Waals surface area contributed by atoms with Crippen molar-refractivity contribution in [2.45, 2.75) is 52.0 Å². The smallest absolute Gasteiger partial charge is 0.126 e. The van der Waals surface area contributed by atoms with Gasteiger partial charge in [0.25, 0.3) is 0 Å². The maximum absolute atomic E-state index is 14.3. The zero-order valence-electron chi connectivity index (χ0n) is 14.6. The maximum atomic E-state index is 14.3. The summed E-state index contributed by atoms with van der Waals surface area (Å²) in [6.07, 6.45) is 5.31. The summed E-state index contributed by atoms with van der Waals surface area (Å²) in [6.45, 7) is 6.79. The van der Waals surface area contributed by atoms with Gasteiger partial charge in [-0.05, 0) is 79.4 Å². The molecule has 1 heterocycles. The molecule has 0 radical (unpaired) electrons. The van der Waals surface area contributed by atoms with Crippen LogP contribution in [0.25, 0.3) is 10.4 Å². The van der Waals surface area contributed by atoms with Crippen LogP contribution in [0.4, 0.5) is 4.39 Å². The predicted octanol–water partition coefficient (Wildman–Crippen LogP) is 5.96. The fourth-order valence-corrected chi connectivity index (χ4v) is 4.62. The lowest BCUT2D eigenvalue weighted by Gasteiger charge is -2.36. The molecule has 0 saturated heterocycles. The summed E-state index contributed by atoms with van der Waals surface area (Å²) >= 11 is 1.75. The fraction of sp³-hybridized carbons (Fsp3) is 0.500. The largest absolute Gasteiger partial charge is 0.300 e. The Bertz CT molecular complexity index is 635. The highest BCUT2D eigenvalue weighted by atomic mass is 35.5. The van der Waals surface area contributed by atoms with Gasteiger partial charge in [-0.1, -0.05) is 26.0 Å². The zero-order valence-corrected chi connectivity index (χ0v) is 16.2. The van der Waals surface area contributed by atoms with Crippen molar-refractivity contribution in [2.24, 2.45) is 0 Å². The minimum Gasteiger partial charge on any atom is -0.300 e. The van der Waals surface area contributed by atoms with Gasteiger partial charge in [-0.2, -0.15) is 0 Å². The fourth-order valence-electron chi connectivity index (χ4n) is 3.84. The Morgan fingerprint density at radius 1 is 1.12 bits per heavy atom. The second-order valence-corrected chi connectivity index (χ2v) is 7.41. The SMILES string of the molecule is CCCN(CCC)[C@H]1CCc2c(F)ccc(-c3cccs3)c2C1.Cl. The monoisotopic (exact) mass is 367 g/mol. The van der Waals surface area contributed by atoms with Crippen LogP contribution in [-0.4, -0.2) is 24.0 Å². The van der Waals surface area contributed by atoms with Crippen LogP contribution < -0.4 is 0 Å². The van der Waals surface area contributed by atoms with Crippen molar-refractivity contribution < 1.29 is 4.39 Å². The van der Waals surface area contributed by atoms with Crippen molar-refractivity contribution in [1.82, 2.24) is 4.90 Å². The first-order chi connectivity index (χ1) is 11.2. The first kappa shape index (κ1) is 19.4. The van der Waals surface area contributed by atoms with Gasteiger partial charge in [0.1, 0.15) is 5.82 Å². The standard InChI is InChI=1S/C20H26FNS.ClH/c1-3-11-22(12-4-2)15-7-8-16-18(14-15)17(9-10-19(16)21)20-6-5-13-23-20;/h5-6,9-10,13,15H,3-4,7-8,11-12,14H2,1-2H3;1H/t15-;/m0./s1. The molecular weight excluding hydrogens is 341 g/mol. The molecule has 0 aliphatic heterocycles. The van der Waals surface area contributed by atoms with Gasteiger partial charge < -0.3 is 4.90 Å². The molecule has 0 spiro atoms. The number of hydrogen-bond acceptors (Lipinski definition) is 2. The molecule has 1 aliphatic rings. The molecule has 2 aromatic rings. The molecule has 24 heavy (non-hydrogen) atoms. The first-order valence-corrected chi connectivity index (χ1v) is 9.70. The molecular formula is C20H27ClFNS. The highest BCUT2D eigenvalue weighted by Crippen LogP contribution is 2.36. The number of fused-ring (bicyclic) bond motifs is 1. The Hall–Kier alpha value is -0.900. The molecule has 4 heteroatoms. The van der Waals surface area contributed by atoms with Crippen molar-refractivity contribution in [3.63, 3.8) is 0 Å². The van der Waals surface area contributed by atoms with E-state index in [9.17, 15) is 4.39 Å². The summed E-state index contributed by atoms with van der Waals surface area (Å²) in [4.78, 5) is 3.88. The van der Waals surface area contributed by atoms with E-state index in [0.29, 0.717) is 6.04 Å². The summed E-state index contributed by atoms with van der Waals surface area (Å²) in [6, 6.07) is 8.42. The second-order valence-electron chi connectivity index (χ2n) is 6.46. The minimum atomic E-state index is -0.0173. The van der Waals surface area contributed by atoms with Crippen molar-refractivity contribution >= 4 is 23.7 Å². The van der Waals surface area contributed by atoms with Gasteiger partial charge in [0.05, 0.1) is 0 Å². The summed E-state index contributed by atoms with van der Waals surface area (Å²) in [5.41, 5.74) is 3.45. The molecule has 1 nitrogen and oxygen atoms in total. The predicted molar refractivity (Wildman–Crippen MR) is 105 cm³/mol. The minimum absolute atomic E-state index is 0. The number of halogens is 2. The summed E-state index contributed by atoms with van der Waals surface area (Å²) in [5, 5.41) is 2.10. The van der Waals surface area contributed by atoms with Gasteiger partial charge in [-0.3, -0.25) is 0 Å². The maximum Gasteiger partial charge on any atom is 0.126 e. The Kier molecular flexibility index (Phi) is 7.27. The van der Waals surface area contributed by atoms with E-state index in [1.54, 1.807) is 17.4 Å². The molecule has 0 amide bonds. The summed E-state index contributed by atoms with van der Waals surface area (Å²) in [5.74, 6) is -0.0173. The molecule has 1 aliphatic carbocycles. The van der Waals surface area contributed by atoms with Gasteiger partial charge in [0, 0.05) is 10.9 Å². The van der Waals surface area contributed by atoms with Gasteiger partial charge in [-0.25, -0.2) is 4.39 Å². The van der Waals surface area contributed by atoms with E-state index in [4.69, 9.17) is 0 Å². The van der Waals surface area contributed by atoms with Crippen molar-refractivity contribution in [3.8, 4) is 10.4 Å². The zero-order chi connectivity index (χ0) is 16.2. The summed E-state index contributed by atoms with van der Waals surface area (Å²) in [7, 11) is 0. The molecule has 132 valence electrons. The van der Waals surface area contributed by atoms with E-state index in [-0.39, 0.29) is 18.2 Å². The molecule has 1 atom stereocenters. The van der Waals surface area contributed by atoms with E-state index in [2.05, 4.69) is 36.3 Å². The second kappa shape index (κ2) is 8.98. The van der Waals surface area contributed by atoms with Crippen LogP contribution in [-0.2, 0) is 12.8 Å². The molecule has 0 fully saturated rings. The number of nitrogens with zero attached hydrogens (tertiary/aromatic N) is 1. The number of rotatable bonds is 6. The van der Waals surface area contributed by atoms with E-state index >= 15 is 0 Å². The third-order valence-corrected chi connectivity index (χ3v) is 5.77. The molecule has 3 rings (SSSR count). The van der Waals surface area contributed by atoms with Crippen LogP contribution in [0.15, 0.2) is 29.6 Å². The van der Waals surface area contributed by atoms with Crippen LogP contribution in [0.1, 0.15) is 44.2 Å². The normalized spacial score (nSPS) is 16.8. The molecule has 0 saturated carbocycles. The third kappa shape index (κ3) is 4.01. The molecule has 0 bridgehead atoms. The van der Waals surface area contributed by atoms with Gasteiger partial charge in [0.2, 0.25) is 0 Å². The average molecular weight is 368 g/mol. The highest BCUT2D eigenvalue weighted by molar-refractivity contribution is 7.13. The van der Waals surface area contributed by atoms with Crippen LogP contribution in [0.3, 0.4) is 0 Å². The Morgan fingerprint density at radius 3 is 2.50 bits per heavy atom. The Morgan fingerprint density at radius 2 is 1.88 bits per heavy atom. The molecule has 0 N–H and O–H groups in total. The van der Waals surface area contributed by atoms with Crippen LogP contribution >= 0.6 is 23.7 Å². The lowest BCUT2D eigenvalue weighted by Crippen LogP contribution is -2.40. The molecule has 1 aromatic heterocycles. The van der Waals surface area contributed by atoms with Crippen molar-refractivity contribution in [1.29, 1.82) is 0 Å². The summed E-state index contributed by atoms with van der Waals surface area (Å²) < 4.78 is 14.3. The van der Waals surface area contributed by atoms with Crippen LogP contribution in [0.5, 0.6) is 0 Å². The number of benzene rings is 1. The number of hydrogen-bond donors (Lipinski definition) is 0. The van der Waals surface area contributed by atoms with Gasteiger partial charge >= 0.3 is 0 Å². The van der Waals surface area contributed by atoms with E-state index in [0.717, 1.165) is 37.9 Å². The van der Waals surface area contributed by atoms with E-state index in [1.807, 2.05) is 6.07 Å². The lowest BCUT2D eigenvalue weighted by molar-refractivity contribution is 0.179. The Labute approximate surface area is 155 Å². The number of thiophene rings is 1. The highest BCUT2D eigenvalue weighted by Gasteiger charge is 2.27. The Balaban J connectivity index is 0.00000208. The van der Waals surface area contributed by atoms with Crippen molar-refractivity contribution in [3.05, 3.63) is 46.6 Å². The van der Waals surface area contributed by atoms with Crippen LogP contribution in [0.2, 0.25) is 0 Å². The van der Waals surface area contributed by atoms with Crippen LogP contribution in [0, 0.1) is 5.82 Å². The molecule has 0 unspecified atom stereocenters. The van der Waals surface area contributed by atoms with Gasteiger partial charge in [-0.15, -0.1) is 23.7 Å². The third-order valence-electron chi connectivity index (χ3n) is 4.87. The first-order valence-electron chi connectivity index (χ1n) is 8.82. The van der Waals surface area contributed by atoms with Gasteiger partial charge in [0.15, 0.2) is 0 Å². The van der Waals surface area contributed by atoms with E-state index < -0.39 is 0 Å². The average Bonchev–Trinajstić information content (AvgIpc) is 3.09. The quantitative estimate of drug-likeness (QED) is 0.609.